The fraction of sp³-hybridized carbons (Fsp3) is 0.474. The van der Waals surface area contributed by atoms with Crippen molar-refractivity contribution in [3.8, 4) is 11.4 Å². The maximum Gasteiger partial charge on any atom is 0.282 e. The number of fused-ring (bicyclic) bond motifs is 1. The summed E-state index contributed by atoms with van der Waals surface area (Å²) < 4.78 is 27.5. The molecule has 3 atom stereocenters. The molecular weight excluding hydrogens is 366 g/mol. The Labute approximate surface area is 161 Å². The fourth-order valence-corrected chi connectivity index (χ4v) is 3.90. The maximum absolute atomic E-state index is 13.0. The van der Waals surface area contributed by atoms with Gasteiger partial charge >= 0.3 is 0 Å². The third kappa shape index (κ3) is 3.30. The molecular formula is C19H22F2N6O. The zero-order valence-corrected chi connectivity index (χ0v) is 15.7. The zero-order chi connectivity index (χ0) is 19.8. The minimum Gasteiger partial charge on any atom is -0.396 e. The molecule has 28 heavy (non-hydrogen) atoms. The molecule has 1 N–H and O–H groups in total. The van der Waals surface area contributed by atoms with Crippen LogP contribution in [0, 0.1) is 11.8 Å². The van der Waals surface area contributed by atoms with E-state index in [4.69, 9.17) is 0 Å². The molecule has 9 heteroatoms. The average Bonchev–Trinajstić information content (AvgIpc) is 3.12. The van der Waals surface area contributed by atoms with Crippen LogP contribution in [-0.2, 0) is 0 Å². The lowest BCUT2D eigenvalue weighted by atomic mass is 9.85. The van der Waals surface area contributed by atoms with Crippen LogP contribution in [-0.4, -0.2) is 48.9 Å². The first kappa shape index (κ1) is 18.7. The van der Waals surface area contributed by atoms with E-state index in [2.05, 4.69) is 38.8 Å². The average molecular weight is 388 g/mol. The summed E-state index contributed by atoms with van der Waals surface area (Å²) in [5.74, 6) is 1.34. The molecule has 3 aromatic heterocycles. The van der Waals surface area contributed by atoms with Crippen LogP contribution < -0.4 is 4.90 Å². The van der Waals surface area contributed by atoms with Gasteiger partial charge in [0, 0.05) is 31.2 Å². The van der Waals surface area contributed by atoms with Gasteiger partial charge in [-0.25, -0.2) is 28.2 Å². The minimum atomic E-state index is -2.66. The number of hydrogen-bond donors (Lipinski definition) is 1. The first-order chi connectivity index (χ1) is 13.5. The number of nitrogens with zero attached hydrogens (tertiary/aromatic N) is 6. The van der Waals surface area contributed by atoms with E-state index in [0.29, 0.717) is 23.0 Å². The zero-order valence-electron chi connectivity index (χ0n) is 15.7. The van der Waals surface area contributed by atoms with E-state index in [1.54, 1.807) is 6.20 Å². The molecule has 4 heterocycles. The number of rotatable bonds is 4. The smallest absolute Gasteiger partial charge is 0.282 e. The Morgan fingerprint density at radius 2 is 2.04 bits per heavy atom. The van der Waals surface area contributed by atoms with Crippen LogP contribution in [0.2, 0.25) is 0 Å². The normalized spacial score (nSPS) is 22.9. The van der Waals surface area contributed by atoms with Crippen molar-refractivity contribution in [1.29, 1.82) is 0 Å². The van der Waals surface area contributed by atoms with E-state index in [0.717, 1.165) is 18.8 Å². The van der Waals surface area contributed by atoms with Crippen molar-refractivity contribution >= 4 is 11.5 Å². The van der Waals surface area contributed by atoms with Gasteiger partial charge in [0.2, 0.25) is 0 Å². The Morgan fingerprint density at radius 1 is 1.21 bits per heavy atom. The second-order valence-corrected chi connectivity index (χ2v) is 7.41. The van der Waals surface area contributed by atoms with Gasteiger partial charge in [-0.2, -0.15) is 5.10 Å². The second kappa shape index (κ2) is 7.38. The molecule has 4 rings (SSSR count). The van der Waals surface area contributed by atoms with E-state index < -0.39 is 6.43 Å². The molecule has 0 unspecified atom stereocenters. The van der Waals surface area contributed by atoms with Gasteiger partial charge in [-0.15, -0.1) is 0 Å². The van der Waals surface area contributed by atoms with E-state index in [1.165, 1.54) is 23.0 Å². The summed E-state index contributed by atoms with van der Waals surface area (Å²) >= 11 is 0. The largest absolute Gasteiger partial charge is 0.396 e. The highest BCUT2D eigenvalue weighted by atomic mass is 19.3. The van der Waals surface area contributed by atoms with Gasteiger partial charge in [0.15, 0.2) is 5.65 Å². The Balaban J connectivity index is 1.73. The number of anilines is 1. The highest BCUT2D eigenvalue weighted by molar-refractivity contribution is 5.62. The molecule has 0 aromatic carbocycles. The highest BCUT2D eigenvalue weighted by Crippen LogP contribution is 2.31. The fourth-order valence-electron chi connectivity index (χ4n) is 3.90. The highest BCUT2D eigenvalue weighted by Gasteiger charge is 2.32. The molecule has 0 radical (unpaired) electrons. The number of aliphatic hydroxyl groups excluding tert-OH is 1. The summed E-state index contributed by atoms with van der Waals surface area (Å²) in [6, 6.07) is 4.74. The molecule has 0 amide bonds. The number of halogens is 2. The minimum absolute atomic E-state index is 0.132. The SMILES string of the molecule is C[C@@H]1C[C@H](CO)[C@H](C)N(c2cc(-c3cnc4ccc(C(F)F)nn34)ncn2)C1. The number of imidazole rings is 1. The van der Waals surface area contributed by atoms with E-state index in [9.17, 15) is 13.9 Å². The monoisotopic (exact) mass is 388 g/mol. The van der Waals surface area contributed by atoms with Crippen molar-refractivity contribution in [3.05, 3.63) is 36.4 Å². The predicted molar refractivity (Wildman–Crippen MR) is 100 cm³/mol. The van der Waals surface area contributed by atoms with Gasteiger partial charge in [0.1, 0.15) is 23.5 Å². The van der Waals surface area contributed by atoms with Crippen LogP contribution in [0.4, 0.5) is 14.6 Å². The van der Waals surface area contributed by atoms with E-state index >= 15 is 0 Å². The van der Waals surface area contributed by atoms with Crippen molar-refractivity contribution in [2.75, 3.05) is 18.1 Å². The molecule has 3 aromatic rings. The molecule has 1 aliphatic rings. The molecule has 7 nitrogen and oxygen atoms in total. The lowest BCUT2D eigenvalue weighted by molar-refractivity contribution is 0.144. The molecule has 1 saturated heterocycles. The Hall–Kier alpha value is -2.68. The molecule has 1 fully saturated rings. The van der Waals surface area contributed by atoms with Gasteiger partial charge in [-0.1, -0.05) is 6.92 Å². The summed E-state index contributed by atoms with van der Waals surface area (Å²) in [4.78, 5) is 15.1. The van der Waals surface area contributed by atoms with Gasteiger partial charge in [-0.05, 0) is 31.4 Å². The van der Waals surface area contributed by atoms with Crippen LogP contribution in [0.3, 0.4) is 0 Å². The Bertz CT molecular complexity index is 978. The molecule has 0 aliphatic carbocycles. The second-order valence-electron chi connectivity index (χ2n) is 7.41. The Morgan fingerprint density at radius 3 is 2.79 bits per heavy atom. The van der Waals surface area contributed by atoms with Gasteiger partial charge in [-0.3, -0.25) is 0 Å². The number of alkyl halides is 2. The third-order valence-corrected chi connectivity index (χ3v) is 5.44. The lowest BCUT2D eigenvalue weighted by Gasteiger charge is -2.42. The van der Waals surface area contributed by atoms with Crippen molar-refractivity contribution in [2.24, 2.45) is 11.8 Å². The maximum atomic E-state index is 13.0. The van der Waals surface area contributed by atoms with Gasteiger partial charge < -0.3 is 10.0 Å². The quantitative estimate of drug-likeness (QED) is 0.740. The molecule has 148 valence electrons. The van der Waals surface area contributed by atoms with Crippen LogP contribution in [0.25, 0.3) is 17.0 Å². The predicted octanol–water partition coefficient (Wildman–Crippen LogP) is 2.97. The van der Waals surface area contributed by atoms with Crippen molar-refractivity contribution in [2.45, 2.75) is 32.7 Å². The van der Waals surface area contributed by atoms with Crippen molar-refractivity contribution < 1.29 is 13.9 Å². The molecule has 0 spiro atoms. The first-order valence-corrected chi connectivity index (χ1v) is 9.30. The van der Waals surface area contributed by atoms with Crippen molar-refractivity contribution in [3.63, 3.8) is 0 Å². The summed E-state index contributed by atoms with van der Waals surface area (Å²) in [7, 11) is 0. The van der Waals surface area contributed by atoms with Crippen LogP contribution >= 0.6 is 0 Å². The van der Waals surface area contributed by atoms with E-state index in [-0.39, 0.29) is 24.3 Å². The summed E-state index contributed by atoms with van der Waals surface area (Å²) in [6.07, 6.45) is 1.34. The molecule has 0 saturated carbocycles. The number of piperidine rings is 1. The summed E-state index contributed by atoms with van der Waals surface area (Å²) in [5, 5.41) is 13.7. The van der Waals surface area contributed by atoms with Crippen LogP contribution in [0.5, 0.6) is 0 Å². The van der Waals surface area contributed by atoms with Gasteiger partial charge in [0.25, 0.3) is 6.43 Å². The topological polar surface area (TPSA) is 79.4 Å². The summed E-state index contributed by atoms with van der Waals surface area (Å²) in [5.41, 5.74) is 1.24. The third-order valence-electron chi connectivity index (χ3n) is 5.44. The van der Waals surface area contributed by atoms with Crippen molar-refractivity contribution in [1.82, 2.24) is 24.6 Å². The standard InChI is InChI=1S/C19H22F2N6O/c1-11-5-13(9-28)12(2)26(8-11)18-6-15(23-10-24-18)16-7-22-17-4-3-14(19(20)21)25-27(16)17/h3-4,6-7,10-13,19,28H,5,8-9H2,1-2H3/t11-,12+,13-/m1/s1. The number of aromatic nitrogens is 5. The molecule has 1 aliphatic heterocycles. The first-order valence-electron chi connectivity index (χ1n) is 9.30. The lowest BCUT2D eigenvalue weighted by Crippen LogP contribution is -2.48. The summed E-state index contributed by atoms with van der Waals surface area (Å²) in [6.45, 7) is 5.20. The van der Waals surface area contributed by atoms with Crippen LogP contribution in [0.15, 0.2) is 30.7 Å². The van der Waals surface area contributed by atoms with E-state index in [1.807, 2.05) is 6.07 Å². The number of aliphatic hydroxyl groups is 1. The Kier molecular flexibility index (Phi) is 4.92. The van der Waals surface area contributed by atoms with Crippen LogP contribution in [0.1, 0.15) is 32.4 Å². The number of hydrogen-bond acceptors (Lipinski definition) is 6. The molecule has 0 bridgehead atoms. The van der Waals surface area contributed by atoms with Gasteiger partial charge in [0.05, 0.1) is 11.9 Å².